The van der Waals surface area contributed by atoms with Crippen molar-refractivity contribution in [3.05, 3.63) is 29.8 Å². The second-order valence-corrected chi connectivity index (χ2v) is 4.76. The van der Waals surface area contributed by atoms with E-state index in [2.05, 4.69) is 5.32 Å². The molecule has 1 aliphatic heterocycles. The van der Waals surface area contributed by atoms with Crippen LogP contribution < -0.4 is 10.2 Å². The van der Waals surface area contributed by atoms with Gasteiger partial charge < -0.3 is 14.6 Å². The molecule has 0 radical (unpaired) electrons. The monoisotopic (exact) mass is 306 g/mol. The fourth-order valence-electron chi connectivity index (χ4n) is 2.50. The number of rotatable bonds is 1. The van der Waals surface area contributed by atoms with Crippen molar-refractivity contribution in [1.82, 2.24) is 5.32 Å². The van der Waals surface area contributed by atoms with Crippen molar-refractivity contribution in [1.29, 1.82) is 0 Å². The summed E-state index contributed by atoms with van der Waals surface area (Å²) < 4.78 is 46.4. The van der Waals surface area contributed by atoms with Gasteiger partial charge >= 0.3 is 0 Å². The first-order valence-electron chi connectivity index (χ1n) is 6.11. The molecule has 3 rings (SSSR count). The highest BCUT2D eigenvalue weighted by Crippen LogP contribution is 2.35. The van der Waals surface area contributed by atoms with Gasteiger partial charge in [0, 0.05) is 25.7 Å². The third kappa shape index (κ3) is 2.23. The molecule has 1 N–H and O–H groups in total. The predicted molar refractivity (Wildman–Crippen MR) is 73.0 cm³/mol. The van der Waals surface area contributed by atoms with Gasteiger partial charge in [-0.1, -0.05) is 0 Å². The average molecular weight is 307 g/mol. The minimum atomic E-state index is -1.45. The standard InChI is InChI=1S/C13H13F3N2O.ClH/c1-7-6-18(4-3-17-7)12-11(16)10(15)9(14)8-2-5-19-13(8)12;/h2,5,7,17H,3-4,6H2,1H3;1H/t7-;/m0./s1. The molecule has 20 heavy (non-hydrogen) atoms. The van der Waals surface area contributed by atoms with Gasteiger partial charge in [-0.3, -0.25) is 0 Å². The normalized spacial score (nSPS) is 19.2. The third-order valence-corrected chi connectivity index (χ3v) is 3.40. The number of fused-ring (bicyclic) bond motifs is 1. The van der Waals surface area contributed by atoms with Gasteiger partial charge in [0.25, 0.3) is 0 Å². The van der Waals surface area contributed by atoms with Crippen LogP contribution in [0.4, 0.5) is 18.9 Å². The molecule has 110 valence electrons. The topological polar surface area (TPSA) is 28.4 Å². The molecular weight excluding hydrogens is 293 g/mol. The van der Waals surface area contributed by atoms with Gasteiger partial charge in [-0.2, -0.15) is 0 Å². The quantitative estimate of drug-likeness (QED) is 0.821. The lowest BCUT2D eigenvalue weighted by Gasteiger charge is -2.33. The molecule has 0 spiro atoms. The number of piperazine rings is 1. The van der Waals surface area contributed by atoms with Crippen LogP contribution in [0.15, 0.2) is 16.7 Å². The summed E-state index contributed by atoms with van der Waals surface area (Å²) >= 11 is 0. The fraction of sp³-hybridized carbons (Fsp3) is 0.385. The van der Waals surface area contributed by atoms with Crippen molar-refractivity contribution in [2.45, 2.75) is 13.0 Å². The van der Waals surface area contributed by atoms with Crippen LogP contribution in [0.3, 0.4) is 0 Å². The van der Waals surface area contributed by atoms with Crippen LogP contribution in [-0.2, 0) is 0 Å². The highest BCUT2D eigenvalue weighted by Gasteiger charge is 2.28. The molecule has 1 saturated heterocycles. The predicted octanol–water partition coefficient (Wildman–Crippen LogP) is 3.07. The number of anilines is 1. The summed E-state index contributed by atoms with van der Waals surface area (Å²) in [6, 6.07) is 1.45. The van der Waals surface area contributed by atoms with E-state index in [4.69, 9.17) is 4.42 Å². The largest absolute Gasteiger partial charge is 0.462 e. The van der Waals surface area contributed by atoms with Gasteiger partial charge in [0.2, 0.25) is 0 Å². The Labute approximate surface area is 120 Å². The number of nitrogens with one attached hydrogen (secondary N) is 1. The van der Waals surface area contributed by atoms with E-state index in [1.54, 1.807) is 4.90 Å². The second-order valence-electron chi connectivity index (χ2n) is 4.76. The van der Waals surface area contributed by atoms with Crippen molar-refractivity contribution in [3.63, 3.8) is 0 Å². The van der Waals surface area contributed by atoms with E-state index in [9.17, 15) is 13.2 Å². The van der Waals surface area contributed by atoms with Crippen LogP contribution in [0.2, 0.25) is 0 Å². The highest BCUT2D eigenvalue weighted by atomic mass is 35.5. The van der Waals surface area contributed by atoms with Crippen LogP contribution in [0, 0.1) is 17.5 Å². The maximum atomic E-state index is 14.0. The van der Waals surface area contributed by atoms with Gasteiger partial charge in [0.1, 0.15) is 5.69 Å². The molecule has 1 aromatic carbocycles. The summed E-state index contributed by atoms with van der Waals surface area (Å²) in [6.07, 6.45) is 1.24. The molecule has 3 nitrogen and oxygen atoms in total. The molecule has 1 atom stereocenters. The van der Waals surface area contributed by atoms with E-state index in [1.165, 1.54) is 12.3 Å². The molecule has 0 saturated carbocycles. The van der Waals surface area contributed by atoms with Gasteiger partial charge in [0.05, 0.1) is 11.6 Å². The van der Waals surface area contributed by atoms with E-state index in [1.807, 2.05) is 6.92 Å². The summed E-state index contributed by atoms with van der Waals surface area (Å²) in [5.41, 5.74) is 0.0674. The maximum Gasteiger partial charge on any atom is 0.197 e. The van der Waals surface area contributed by atoms with E-state index in [0.717, 1.165) is 0 Å². The lowest BCUT2D eigenvalue weighted by atomic mass is 10.1. The molecule has 1 aromatic heterocycles. The lowest BCUT2D eigenvalue weighted by molar-refractivity contribution is 0.439. The zero-order chi connectivity index (χ0) is 13.6. The minimum Gasteiger partial charge on any atom is -0.462 e. The molecule has 1 fully saturated rings. The van der Waals surface area contributed by atoms with Crippen molar-refractivity contribution in [2.24, 2.45) is 0 Å². The summed E-state index contributed by atoms with van der Waals surface area (Å²) in [7, 11) is 0. The zero-order valence-electron chi connectivity index (χ0n) is 10.8. The van der Waals surface area contributed by atoms with Crippen LogP contribution in [0.1, 0.15) is 6.92 Å². The minimum absolute atomic E-state index is 0. The third-order valence-electron chi connectivity index (χ3n) is 3.40. The van der Waals surface area contributed by atoms with Gasteiger partial charge in [-0.25, -0.2) is 13.2 Å². The van der Waals surface area contributed by atoms with Crippen LogP contribution in [0.25, 0.3) is 11.0 Å². The van der Waals surface area contributed by atoms with Crippen molar-refractivity contribution >= 4 is 29.1 Å². The molecule has 0 amide bonds. The van der Waals surface area contributed by atoms with E-state index in [-0.39, 0.29) is 35.1 Å². The Hall–Kier alpha value is -1.40. The lowest BCUT2D eigenvalue weighted by Crippen LogP contribution is -2.49. The number of nitrogens with zero attached hydrogens (tertiary/aromatic N) is 1. The molecule has 0 bridgehead atoms. The van der Waals surface area contributed by atoms with Gasteiger partial charge in [0.15, 0.2) is 23.0 Å². The summed E-state index contributed by atoms with van der Waals surface area (Å²) in [4.78, 5) is 1.69. The van der Waals surface area contributed by atoms with Crippen molar-refractivity contribution in [2.75, 3.05) is 24.5 Å². The SMILES string of the molecule is C[C@H]1CN(c2c(F)c(F)c(F)c3ccoc23)CCN1.Cl. The summed E-state index contributed by atoms with van der Waals surface area (Å²) in [5, 5.41) is 3.18. The molecule has 2 aromatic rings. The molecule has 0 unspecified atom stereocenters. The Kier molecular flexibility index (Phi) is 4.15. The summed E-state index contributed by atoms with van der Waals surface area (Å²) in [5.74, 6) is -3.84. The van der Waals surface area contributed by atoms with E-state index >= 15 is 0 Å². The molecule has 1 aliphatic rings. The average Bonchev–Trinajstić information content (AvgIpc) is 2.85. The summed E-state index contributed by atoms with van der Waals surface area (Å²) in [6.45, 7) is 3.63. The number of hydrogen-bond donors (Lipinski definition) is 1. The Morgan fingerprint density at radius 1 is 1.25 bits per heavy atom. The van der Waals surface area contributed by atoms with Crippen LogP contribution in [-0.4, -0.2) is 25.7 Å². The number of hydrogen-bond acceptors (Lipinski definition) is 3. The van der Waals surface area contributed by atoms with E-state index in [0.29, 0.717) is 19.6 Å². The first-order chi connectivity index (χ1) is 9.09. The molecular formula is C13H14ClF3N2O. The van der Waals surface area contributed by atoms with Crippen molar-refractivity contribution < 1.29 is 17.6 Å². The van der Waals surface area contributed by atoms with Gasteiger partial charge in [-0.05, 0) is 13.0 Å². The second kappa shape index (κ2) is 5.54. The molecule has 0 aliphatic carbocycles. The Balaban J connectivity index is 0.00000147. The Morgan fingerprint density at radius 3 is 2.70 bits per heavy atom. The number of furan rings is 1. The first-order valence-corrected chi connectivity index (χ1v) is 6.11. The smallest absolute Gasteiger partial charge is 0.197 e. The van der Waals surface area contributed by atoms with E-state index < -0.39 is 17.5 Å². The Bertz CT molecular complexity index is 632. The van der Waals surface area contributed by atoms with Crippen LogP contribution in [0.5, 0.6) is 0 Å². The Morgan fingerprint density at radius 2 is 2.00 bits per heavy atom. The highest BCUT2D eigenvalue weighted by molar-refractivity contribution is 5.90. The van der Waals surface area contributed by atoms with Gasteiger partial charge in [-0.15, -0.1) is 12.4 Å². The van der Waals surface area contributed by atoms with Crippen LogP contribution >= 0.6 is 12.4 Å². The first kappa shape index (κ1) is 15.0. The van der Waals surface area contributed by atoms with Crippen molar-refractivity contribution in [3.8, 4) is 0 Å². The molecule has 2 heterocycles. The number of halogens is 4. The molecule has 7 heteroatoms. The number of benzene rings is 1. The maximum absolute atomic E-state index is 14.0. The fourth-order valence-corrected chi connectivity index (χ4v) is 2.50. The zero-order valence-corrected chi connectivity index (χ0v) is 11.6.